The summed E-state index contributed by atoms with van der Waals surface area (Å²) in [7, 11) is 2.29. The fourth-order valence-corrected chi connectivity index (χ4v) is 9.79. The van der Waals surface area contributed by atoms with E-state index in [0.717, 1.165) is 59.6 Å². The molecule has 5 atom stereocenters. The van der Waals surface area contributed by atoms with Gasteiger partial charge in [-0.1, -0.05) is 18.1 Å². The van der Waals surface area contributed by atoms with Crippen molar-refractivity contribution in [1.29, 1.82) is 0 Å². The van der Waals surface area contributed by atoms with E-state index in [1.54, 1.807) is 6.07 Å². The van der Waals surface area contributed by atoms with Gasteiger partial charge in [0.1, 0.15) is 18.2 Å². The van der Waals surface area contributed by atoms with Gasteiger partial charge in [0.25, 0.3) is 0 Å². The number of benzene rings is 2. The molecule has 0 radical (unpaired) electrons. The van der Waals surface area contributed by atoms with E-state index < -0.39 is 0 Å². The molecule has 0 amide bonds. The molecule has 5 fully saturated rings. The first kappa shape index (κ1) is 27.7. The minimum absolute atomic E-state index is 0.0791. The molecule has 7 heterocycles. The van der Waals surface area contributed by atoms with Crippen LogP contribution in [0.1, 0.15) is 55.3 Å². The topological polar surface area (TPSA) is 80.2 Å². The highest BCUT2D eigenvalue weighted by molar-refractivity contribution is 6.00. The number of hydrogen-bond donors (Lipinski definition) is 2. The molecule has 9 rings (SSSR count). The summed E-state index contributed by atoms with van der Waals surface area (Å²) in [6, 6.07) is 12.4. The average molecular weight is 606 g/mol. The molecule has 2 bridgehead atoms. The van der Waals surface area contributed by atoms with Gasteiger partial charge < -0.3 is 29.9 Å². The van der Waals surface area contributed by atoms with Gasteiger partial charge in [0.2, 0.25) is 0 Å². The molecule has 234 valence electrons. The molecular formula is C36H43N7O2. The Hall–Kier alpha value is -3.58. The number of anilines is 2. The van der Waals surface area contributed by atoms with Crippen LogP contribution >= 0.6 is 0 Å². The summed E-state index contributed by atoms with van der Waals surface area (Å²) in [6.45, 7) is 6.37. The van der Waals surface area contributed by atoms with E-state index in [4.69, 9.17) is 21.1 Å². The number of piperazine rings is 1. The minimum atomic E-state index is 0.0791. The van der Waals surface area contributed by atoms with Crippen molar-refractivity contribution >= 4 is 22.3 Å². The molecule has 1 aromatic heterocycles. The quantitative estimate of drug-likeness (QED) is 0.425. The van der Waals surface area contributed by atoms with Gasteiger partial charge >= 0.3 is 6.01 Å². The third-order valence-electron chi connectivity index (χ3n) is 11.9. The Morgan fingerprint density at radius 1 is 1.07 bits per heavy atom. The van der Waals surface area contributed by atoms with Gasteiger partial charge in [-0.3, -0.25) is 4.90 Å². The number of likely N-dealkylation sites (N-methyl/N-ethyl adjacent to an activating group) is 1. The number of aromatic nitrogens is 2. The van der Waals surface area contributed by atoms with Crippen LogP contribution in [0.2, 0.25) is 0 Å². The largest absolute Gasteiger partial charge is 0.508 e. The van der Waals surface area contributed by atoms with Crippen molar-refractivity contribution in [2.75, 3.05) is 56.2 Å². The fraction of sp³-hybridized carbons (Fsp3) is 0.556. The number of rotatable bonds is 5. The molecule has 2 N–H and O–H groups in total. The number of nitrogens with one attached hydrogen (secondary N) is 1. The van der Waals surface area contributed by atoms with Gasteiger partial charge in [0, 0.05) is 72.1 Å². The van der Waals surface area contributed by atoms with Crippen molar-refractivity contribution in [3.63, 3.8) is 0 Å². The highest BCUT2D eigenvalue weighted by Crippen LogP contribution is 2.47. The normalized spacial score (nSPS) is 30.8. The monoisotopic (exact) mass is 605 g/mol. The smallest absolute Gasteiger partial charge is 0.318 e. The molecular weight excluding hydrogens is 562 g/mol. The second-order valence-electron chi connectivity index (χ2n) is 14.4. The lowest BCUT2D eigenvalue weighted by atomic mass is 9.93. The highest BCUT2D eigenvalue weighted by atomic mass is 16.5. The summed E-state index contributed by atoms with van der Waals surface area (Å²) in [5.41, 5.74) is 4.12. The summed E-state index contributed by atoms with van der Waals surface area (Å²) >= 11 is 0. The Morgan fingerprint density at radius 3 is 2.78 bits per heavy atom. The van der Waals surface area contributed by atoms with Gasteiger partial charge in [-0.25, -0.2) is 0 Å². The lowest BCUT2D eigenvalue weighted by Crippen LogP contribution is -2.52. The maximum absolute atomic E-state index is 10.7. The number of phenols is 1. The molecule has 45 heavy (non-hydrogen) atoms. The Bertz CT molecular complexity index is 1690. The first-order valence-electron chi connectivity index (χ1n) is 17.0. The van der Waals surface area contributed by atoms with E-state index in [1.165, 1.54) is 57.2 Å². The second-order valence-corrected chi connectivity index (χ2v) is 14.4. The summed E-state index contributed by atoms with van der Waals surface area (Å²) in [5.74, 6) is 4.17. The molecule has 5 unspecified atom stereocenters. The fourth-order valence-electron chi connectivity index (χ4n) is 9.79. The minimum Gasteiger partial charge on any atom is -0.508 e. The third kappa shape index (κ3) is 4.48. The van der Waals surface area contributed by atoms with Crippen molar-refractivity contribution in [2.45, 2.75) is 81.2 Å². The van der Waals surface area contributed by atoms with Gasteiger partial charge in [-0.05, 0) is 82.6 Å². The maximum atomic E-state index is 10.7. The SMILES string of the molecule is C#Cc1cccc2cc(O)cc(N3CCc4c(nc(OCC56CCCN5C5CCN(C)C5C6)nc4N4CC5CCC(C4)N5)C3)c12. The molecule has 0 aliphatic carbocycles. The number of phenolic OH excluding ortho intramolecular Hbond substituents is 1. The van der Waals surface area contributed by atoms with Crippen LogP contribution in [-0.2, 0) is 13.0 Å². The predicted molar refractivity (Wildman–Crippen MR) is 176 cm³/mol. The van der Waals surface area contributed by atoms with E-state index in [-0.39, 0.29) is 11.3 Å². The van der Waals surface area contributed by atoms with Crippen LogP contribution in [0.25, 0.3) is 10.8 Å². The lowest BCUT2D eigenvalue weighted by molar-refractivity contribution is 0.0832. The Kier molecular flexibility index (Phi) is 6.45. The molecule has 6 aliphatic heterocycles. The van der Waals surface area contributed by atoms with E-state index in [1.807, 2.05) is 24.3 Å². The number of nitrogens with zero attached hydrogens (tertiary/aromatic N) is 6. The maximum Gasteiger partial charge on any atom is 0.318 e. The summed E-state index contributed by atoms with van der Waals surface area (Å²) in [4.78, 5) is 20.5. The number of terminal acetylenes is 1. The van der Waals surface area contributed by atoms with Crippen LogP contribution in [-0.4, -0.2) is 101 Å². The molecule has 9 heteroatoms. The zero-order valence-electron chi connectivity index (χ0n) is 26.2. The summed E-state index contributed by atoms with van der Waals surface area (Å²) in [6.07, 6.45) is 14.1. The molecule has 2 aromatic carbocycles. The Morgan fingerprint density at radius 2 is 1.93 bits per heavy atom. The number of fused-ring (bicyclic) bond motifs is 7. The van der Waals surface area contributed by atoms with Crippen molar-refractivity contribution in [1.82, 2.24) is 25.1 Å². The van der Waals surface area contributed by atoms with Crippen molar-refractivity contribution < 1.29 is 9.84 Å². The van der Waals surface area contributed by atoms with Crippen LogP contribution in [0.5, 0.6) is 11.8 Å². The Labute approximate surface area is 265 Å². The number of likely N-dealkylation sites (tertiary alicyclic amines) is 1. The van der Waals surface area contributed by atoms with E-state index in [0.29, 0.717) is 43.3 Å². The zero-order valence-corrected chi connectivity index (χ0v) is 26.2. The first-order chi connectivity index (χ1) is 22.0. The standard InChI is InChI=1S/C36H43N7O2/c1-3-23-6-4-7-24-16-27(44)17-31(33(23)24)41-15-10-28-29(21-41)38-35(39-34(28)42-19-25-8-9-26(20-42)37-25)45-22-36-12-5-13-43(36)30-11-14-40(2)32(30)18-36/h1,4,6-7,16-17,25-26,30,32,37,44H,5,8-15,18-22H2,2H3. The predicted octanol–water partition coefficient (Wildman–Crippen LogP) is 3.51. The third-order valence-corrected chi connectivity index (χ3v) is 11.9. The van der Waals surface area contributed by atoms with Crippen molar-refractivity contribution in [3.8, 4) is 24.1 Å². The van der Waals surface area contributed by atoms with Crippen molar-refractivity contribution in [3.05, 3.63) is 47.2 Å². The molecule has 3 aromatic rings. The van der Waals surface area contributed by atoms with Gasteiger partial charge in [0.15, 0.2) is 0 Å². The molecule has 0 spiro atoms. The lowest BCUT2D eigenvalue weighted by Gasteiger charge is -2.38. The molecule has 5 saturated heterocycles. The van der Waals surface area contributed by atoms with Crippen LogP contribution in [0, 0.1) is 12.3 Å². The molecule has 9 nitrogen and oxygen atoms in total. The first-order valence-corrected chi connectivity index (χ1v) is 17.0. The van der Waals surface area contributed by atoms with Crippen molar-refractivity contribution in [2.24, 2.45) is 0 Å². The average Bonchev–Trinajstić information content (AvgIpc) is 3.79. The summed E-state index contributed by atoms with van der Waals surface area (Å²) in [5, 5.41) is 16.4. The van der Waals surface area contributed by atoms with Gasteiger partial charge in [0.05, 0.1) is 17.8 Å². The number of aromatic hydroxyl groups is 1. The summed E-state index contributed by atoms with van der Waals surface area (Å²) < 4.78 is 6.72. The van der Waals surface area contributed by atoms with E-state index >= 15 is 0 Å². The van der Waals surface area contributed by atoms with Gasteiger partial charge in [-0.15, -0.1) is 6.42 Å². The number of hydrogen-bond acceptors (Lipinski definition) is 9. The van der Waals surface area contributed by atoms with Crippen LogP contribution in [0.4, 0.5) is 11.5 Å². The van der Waals surface area contributed by atoms with E-state index in [2.05, 4.69) is 37.9 Å². The zero-order chi connectivity index (χ0) is 30.3. The van der Waals surface area contributed by atoms with Crippen LogP contribution in [0.3, 0.4) is 0 Å². The molecule has 0 saturated carbocycles. The van der Waals surface area contributed by atoms with E-state index in [9.17, 15) is 5.11 Å². The number of ether oxygens (including phenoxy) is 1. The molecule has 6 aliphatic rings. The van der Waals surface area contributed by atoms with Gasteiger partial charge in [-0.2, -0.15) is 9.97 Å². The Balaban J connectivity index is 1.07. The second kappa shape index (κ2) is 10.5. The van der Waals surface area contributed by atoms with Crippen LogP contribution in [0.15, 0.2) is 30.3 Å². The van der Waals surface area contributed by atoms with Crippen LogP contribution < -0.4 is 19.9 Å². The highest BCUT2D eigenvalue weighted by Gasteiger charge is 2.57.